The lowest BCUT2D eigenvalue weighted by Gasteiger charge is -2.27. The van der Waals surface area contributed by atoms with Gasteiger partial charge in [0.25, 0.3) is 5.91 Å². The van der Waals surface area contributed by atoms with Crippen molar-refractivity contribution in [2.45, 2.75) is 38.1 Å². The Bertz CT molecular complexity index is 715. The number of carbonyl (C=O) groups is 2. The van der Waals surface area contributed by atoms with Gasteiger partial charge >= 0.3 is 6.18 Å². The number of hydrogen-bond acceptors (Lipinski definition) is 4. The minimum absolute atomic E-state index is 0.273. The molecule has 0 aliphatic carbocycles. The maximum Gasteiger partial charge on any atom is 0.405 e. The molecule has 0 radical (unpaired) electrons. The summed E-state index contributed by atoms with van der Waals surface area (Å²) in [6.07, 6.45) is -4.64. The fourth-order valence-corrected chi connectivity index (χ4v) is 2.74. The maximum atomic E-state index is 12.6. The molecule has 1 aromatic rings. The van der Waals surface area contributed by atoms with Gasteiger partial charge in [0.05, 0.1) is 11.6 Å². The average Bonchev–Trinajstić information content (AvgIpc) is 3.08. The predicted molar refractivity (Wildman–Crippen MR) is 85.0 cm³/mol. The lowest BCUT2D eigenvalue weighted by Crippen LogP contribution is -2.50. The maximum absolute atomic E-state index is 12.6. The van der Waals surface area contributed by atoms with Crippen LogP contribution in [0.25, 0.3) is 0 Å². The zero-order chi connectivity index (χ0) is 19.3. The van der Waals surface area contributed by atoms with Crippen LogP contribution in [0.5, 0.6) is 5.75 Å². The summed E-state index contributed by atoms with van der Waals surface area (Å²) >= 11 is 0. The van der Waals surface area contributed by atoms with Crippen LogP contribution in [0, 0.1) is 11.3 Å². The van der Waals surface area contributed by atoms with E-state index in [1.807, 2.05) is 11.4 Å². The van der Waals surface area contributed by atoms with Crippen molar-refractivity contribution in [3.05, 3.63) is 29.8 Å². The highest BCUT2D eigenvalue weighted by Crippen LogP contribution is 2.21. The van der Waals surface area contributed by atoms with Crippen molar-refractivity contribution in [1.29, 1.82) is 5.26 Å². The van der Waals surface area contributed by atoms with Gasteiger partial charge in [0.2, 0.25) is 5.91 Å². The van der Waals surface area contributed by atoms with Gasteiger partial charge in [0.1, 0.15) is 18.3 Å². The third-order valence-electron chi connectivity index (χ3n) is 3.93. The molecule has 2 amide bonds. The molecule has 1 heterocycles. The Morgan fingerprint density at radius 2 is 2.19 bits per heavy atom. The smallest absolute Gasteiger partial charge is 0.405 e. The second-order valence-corrected chi connectivity index (χ2v) is 5.92. The molecule has 26 heavy (non-hydrogen) atoms. The van der Waals surface area contributed by atoms with E-state index >= 15 is 0 Å². The van der Waals surface area contributed by atoms with Crippen LogP contribution in [0.3, 0.4) is 0 Å². The zero-order valence-corrected chi connectivity index (χ0v) is 14.0. The van der Waals surface area contributed by atoms with E-state index in [1.165, 1.54) is 17.9 Å². The second kappa shape index (κ2) is 8.08. The number of halogens is 3. The third kappa shape index (κ3) is 5.12. The van der Waals surface area contributed by atoms with Gasteiger partial charge in [-0.3, -0.25) is 9.59 Å². The fraction of sp³-hybridized carbons (Fsp3) is 0.471. The first-order valence-electron chi connectivity index (χ1n) is 8.03. The van der Waals surface area contributed by atoms with Crippen molar-refractivity contribution >= 4 is 11.8 Å². The lowest BCUT2D eigenvalue weighted by atomic mass is 10.2. The fourth-order valence-electron chi connectivity index (χ4n) is 2.74. The van der Waals surface area contributed by atoms with Gasteiger partial charge < -0.3 is 15.0 Å². The average molecular weight is 369 g/mol. The van der Waals surface area contributed by atoms with Crippen LogP contribution in [0.4, 0.5) is 13.2 Å². The minimum Gasteiger partial charge on any atom is -0.481 e. The summed E-state index contributed by atoms with van der Waals surface area (Å²) in [7, 11) is 0. The molecule has 0 bridgehead atoms. The topological polar surface area (TPSA) is 82.4 Å². The molecule has 1 saturated heterocycles. The highest BCUT2D eigenvalue weighted by Gasteiger charge is 2.38. The number of nitrogens with zero attached hydrogens (tertiary/aromatic N) is 2. The molecule has 0 unspecified atom stereocenters. The zero-order valence-electron chi connectivity index (χ0n) is 14.0. The summed E-state index contributed by atoms with van der Waals surface area (Å²) in [5.41, 5.74) is 0.368. The Kier molecular flexibility index (Phi) is 6.08. The summed E-state index contributed by atoms with van der Waals surface area (Å²) in [5, 5.41) is 10.7. The first-order chi connectivity index (χ1) is 12.2. The van der Waals surface area contributed by atoms with Gasteiger partial charge in [0.15, 0.2) is 6.10 Å². The molecule has 1 aromatic carbocycles. The number of carbonyl (C=O) groups excluding carboxylic acids is 2. The van der Waals surface area contributed by atoms with Gasteiger partial charge in [0, 0.05) is 6.54 Å². The van der Waals surface area contributed by atoms with E-state index in [2.05, 4.69) is 0 Å². The molecule has 1 aliphatic heterocycles. The van der Waals surface area contributed by atoms with Crippen molar-refractivity contribution in [2.24, 2.45) is 0 Å². The number of hydrogen-bond donors (Lipinski definition) is 1. The van der Waals surface area contributed by atoms with E-state index < -0.39 is 36.7 Å². The molecule has 0 aromatic heterocycles. The van der Waals surface area contributed by atoms with Crippen molar-refractivity contribution in [3.63, 3.8) is 0 Å². The van der Waals surface area contributed by atoms with Crippen molar-refractivity contribution in [3.8, 4) is 11.8 Å². The molecule has 1 fully saturated rings. The van der Waals surface area contributed by atoms with Crippen molar-refractivity contribution in [1.82, 2.24) is 10.2 Å². The first kappa shape index (κ1) is 19.6. The highest BCUT2D eigenvalue weighted by atomic mass is 19.4. The molecule has 2 atom stereocenters. The summed E-state index contributed by atoms with van der Waals surface area (Å²) < 4.78 is 42.3. The molecule has 6 nitrogen and oxygen atoms in total. The summed E-state index contributed by atoms with van der Waals surface area (Å²) in [4.78, 5) is 25.8. The van der Waals surface area contributed by atoms with E-state index in [0.29, 0.717) is 24.2 Å². The second-order valence-electron chi connectivity index (χ2n) is 5.92. The normalized spacial score (nSPS) is 18.1. The van der Waals surface area contributed by atoms with E-state index in [0.717, 1.165) is 0 Å². The highest BCUT2D eigenvalue weighted by molar-refractivity contribution is 5.90. The first-order valence-corrected chi connectivity index (χ1v) is 8.03. The minimum atomic E-state index is -4.51. The van der Waals surface area contributed by atoms with Crippen LogP contribution in [0.15, 0.2) is 24.3 Å². The quantitative estimate of drug-likeness (QED) is 0.861. The van der Waals surface area contributed by atoms with Gasteiger partial charge in [-0.25, -0.2) is 0 Å². The van der Waals surface area contributed by atoms with Crippen LogP contribution in [0.1, 0.15) is 25.3 Å². The largest absolute Gasteiger partial charge is 0.481 e. The molecule has 9 heteroatoms. The van der Waals surface area contributed by atoms with E-state index in [9.17, 15) is 22.8 Å². The summed E-state index contributed by atoms with van der Waals surface area (Å²) in [5.74, 6) is -0.994. The van der Waals surface area contributed by atoms with Crippen LogP contribution >= 0.6 is 0 Å². The van der Waals surface area contributed by atoms with Crippen LogP contribution in [-0.4, -0.2) is 48.1 Å². The van der Waals surface area contributed by atoms with Crippen molar-refractivity contribution < 1.29 is 27.5 Å². The van der Waals surface area contributed by atoms with E-state index in [-0.39, 0.29) is 6.54 Å². The van der Waals surface area contributed by atoms with Gasteiger partial charge in [-0.2, -0.15) is 18.4 Å². The number of ether oxygens (including phenoxy) is 1. The third-order valence-corrected chi connectivity index (χ3v) is 3.93. The Morgan fingerprint density at radius 3 is 2.85 bits per heavy atom. The Balaban J connectivity index is 2.00. The van der Waals surface area contributed by atoms with E-state index in [4.69, 9.17) is 10.00 Å². The van der Waals surface area contributed by atoms with Gasteiger partial charge in [-0.05, 0) is 38.0 Å². The van der Waals surface area contributed by atoms with E-state index in [1.54, 1.807) is 18.2 Å². The van der Waals surface area contributed by atoms with Crippen LogP contribution < -0.4 is 10.1 Å². The number of likely N-dealkylation sites (tertiary alicyclic amines) is 1. The number of nitriles is 1. The molecule has 0 saturated carbocycles. The SMILES string of the molecule is C[C@H](Oc1cccc(C#N)c1)C(=O)N1CCC[C@@H]1C(=O)NCC(F)(F)F. The predicted octanol–water partition coefficient (Wildman–Crippen LogP) is 2.00. The number of benzene rings is 1. The van der Waals surface area contributed by atoms with Crippen LogP contribution in [-0.2, 0) is 9.59 Å². The number of nitrogens with one attached hydrogen (secondary N) is 1. The van der Waals surface area contributed by atoms with Crippen LogP contribution in [0.2, 0.25) is 0 Å². The lowest BCUT2D eigenvalue weighted by molar-refractivity contribution is -0.147. The number of amides is 2. The molecule has 140 valence electrons. The molecule has 1 N–H and O–H groups in total. The Labute approximate surface area is 148 Å². The Morgan fingerprint density at radius 1 is 1.46 bits per heavy atom. The summed E-state index contributed by atoms with van der Waals surface area (Å²) in [6, 6.07) is 7.26. The number of alkyl halides is 3. The van der Waals surface area contributed by atoms with Crippen molar-refractivity contribution in [2.75, 3.05) is 13.1 Å². The van der Waals surface area contributed by atoms with Gasteiger partial charge in [-0.15, -0.1) is 0 Å². The Hall–Kier alpha value is -2.76. The monoisotopic (exact) mass is 369 g/mol. The molecular formula is C17H18F3N3O3. The number of rotatable bonds is 5. The molecule has 0 spiro atoms. The van der Waals surface area contributed by atoms with Gasteiger partial charge in [-0.1, -0.05) is 6.07 Å². The standard InChI is InChI=1S/C17H18F3N3O3/c1-11(26-13-5-2-4-12(8-13)9-21)16(25)23-7-3-6-14(23)15(24)22-10-17(18,19)20/h2,4-5,8,11,14H,3,6-7,10H2,1H3,(H,22,24)/t11-,14+/m0/s1. The molecule has 2 rings (SSSR count). The summed E-state index contributed by atoms with van der Waals surface area (Å²) in [6.45, 7) is 0.330. The molecular weight excluding hydrogens is 351 g/mol. The molecule has 1 aliphatic rings.